The summed E-state index contributed by atoms with van der Waals surface area (Å²) in [5.41, 5.74) is 9.58. The van der Waals surface area contributed by atoms with Gasteiger partial charge < -0.3 is 15.1 Å². The Morgan fingerprint density at radius 3 is 2.33 bits per heavy atom. The zero-order valence-electron chi connectivity index (χ0n) is 21.9. The normalized spacial score (nSPS) is 14.0. The van der Waals surface area contributed by atoms with Gasteiger partial charge in [0, 0.05) is 55.0 Å². The Hall–Kier alpha value is -2.52. The van der Waals surface area contributed by atoms with E-state index in [2.05, 4.69) is 101 Å². The van der Waals surface area contributed by atoms with Crippen LogP contribution in [-0.2, 0) is 6.54 Å². The Morgan fingerprint density at radius 2 is 1.79 bits per heavy atom. The molecule has 3 nitrogen and oxygen atoms in total. The van der Waals surface area contributed by atoms with Crippen molar-refractivity contribution in [3.05, 3.63) is 95.1 Å². The maximum absolute atomic E-state index is 4.41. The van der Waals surface area contributed by atoms with E-state index in [0.717, 1.165) is 42.5 Å². The highest BCUT2D eigenvalue weighted by atomic mass is 15.2. The van der Waals surface area contributed by atoms with Crippen LogP contribution in [0.1, 0.15) is 63.6 Å². The lowest BCUT2D eigenvalue weighted by atomic mass is 9.92. The zero-order valence-corrected chi connectivity index (χ0v) is 21.9. The number of allylic oxidation sites excluding steroid dienone is 3. The molecule has 0 spiro atoms. The lowest BCUT2D eigenvalue weighted by Gasteiger charge is -2.43. The molecule has 0 unspecified atom stereocenters. The van der Waals surface area contributed by atoms with Crippen molar-refractivity contribution in [3.8, 4) is 0 Å². The molecule has 180 valence electrons. The molecule has 0 atom stereocenters. The zero-order chi connectivity index (χ0) is 24.5. The first-order chi connectivity index (χ1) is 15.7. The summed E-state index contributed by atoms with van der Waals surface area (Å²) in [5, 5.41) is 3.60. The summed E-state index contributed by atoms with van der Waals surface area (Å²) in [6.07, 6.45) is 7.98. The van der Waals surface area contributed by atoms with E-state index in [1.54, 1.807) is 0 Å². The van der Waals surface area contributed by atoms with Gasteiger partial charge in [0.15, 0.2) is 0 Å². The maximum atomic E-state index is 4.41. The smallest absolute Gasteiger partial charge is 0.0381 e. The Bertz CT molecular complexity index is 888. The van der Waals surface area contributed by atoms with Crippen molar-refractivity contribution >= 4 is 0 Å². The average molecular weight is 448 g/mol. The molecular weight excluding hydrogens is 402 g/mol. The maximum Gasteiger partial charge on any atom is 0.0381 e. The quantitative estimate of drug-likeness (QED) is 0.322. The van der Waals surface area contributed by atoms with Gasteiger partial charge >= 0.3 is 0 Å². The summed E-state index contributed by atoms with van der Waals surface area (Å²) < 4.78 is 0. The first-order valence-corrected chi connectivity index (χ1v) is 12.3. The molecule has 0 bridgehead atoms. The van der Waals surface area contributed by atoms with Crippen LogP contribution in [0.15, 0.2) is 78.4 Å². The van der Waals surface area contributed by atoms with Crippen LogP contribution in [0.2, 0.25) is 0 Å². The van der Waals surface area contributed by atoms with Crippen LogP contribution in [0.3, 0.4) is 0 Å². The van der Waals surface area contributed by atoms with E-state index in [1.165, 1.54) is 47.2 Å². The second-order valence-electron chi connectivity index (χ2n) is 9.64. The van der Waals surface area contributed by atoms with Gasteiger partial charge in [0.05, 0.1) is 0 Å². The second kappa shape index (κ2) is 12.6. The molecule has 0 aromatic heterocycles. The fraction of sp³-hybridized carbons (Fsp3) is 0.467. The number of nitrogens with one attached hydrogen (secondary N) is 1. The highest BCUT2D eigenvalue weighted by Gasteiger charge is 2.27. The molecular formula is C30H45N3. The fourth-order valence-corrected chi connectivity index (χ4v) is 4.24. The van der Waals surface area contributed by atoms with Gasteiger partial charge in [0.2, 0.25) is 0 Å². The van der Waals surface area contributed by atoms with E-state index in [9.17, 15) is 0 Å². The fourth-order valence-electron chi connectivity index (χ4n) is 4.24. The van der Waals surface area contributed by atoms with Gasteiger partial charge in [0.25, 0.3) is 0 Å². The molecule has 0 saturated carbocycles. The summed E-state index contributed by atoms with van der Waals surface area (Å²) in [6, 6.07) is 6.46. The predicted octanol–water partition coefficient (Wildman–Crippen LogP) is 7.23. The SMILES string of the molecule is C=C/C(=C\N(C(=C)CNCc1c(C)cccc1C)C(C)=C(C)C)C(=C)N1CC(CCCC)C1. The van der Waals surface area contributed by atoms with E-state index in [0.29, 0.717) is 6.54 Å². The van der Waals surface area contributed by atoms with E-state index in [-0.39, 0.29) is 0 Å². The first kappa shape index (κ1) is 26.7. The third-order valence-electron chi connectivity index (χ3n) is 6.83. The van der Waals surface area contributed by atoms with Gasteiger partial charge in [-0.15, -0.1) is 0 Å². The van der Waals surface area contributed by atoms with Gasteiger partial charge in [0.1, 0.15) is 0 Å². The highest BCUT2D eigenvalue weighted by Crippen LogP contribution is 2.29. The molecule has 1 aliphatic heterocycles. The molecule has 3 heteroatoms. The summed E-state index contributed by atoms with van der Waals surface area (Å²) in [7, 11) is 0. The van der Waals surface area contributed by atoms with Crippen LogP contribution in [0.4, 0.5) is 0 Å². The summed E-state index contributed by atoms with van der Waals surface area (Å²) >= 11 is 0. The molecule has 0 radical (unpaired) electrons. The van der Waals surface area contributed by atoms with Crippen molar-refractivity contribution in [2.75, 3.05) is 19.6 Å². The molecule has 1 fully saturated rings. The number of likely N-dealkylation sites (tertiary alicyclic amines) is 1. The Morgan fingerprint density at radius 1 is 1.15 bits per heavy atom. The van der Waals surface area contributed by atoms with Gasteiger partial charge in [-0.1, -0.05) is 69.4 Å². The average Bonchev–Trinajstić information content (AvgIpc) is 2.74. The van der Waals surface area contributed by atoms with Crippen molar-refractivity contribution in [1.29, 1.82) is 0 Å². The van der Waals surface area contributed by atoms with Crippen molar-refractivity contribution in [3.63, 3.8) is 0 Å². The van der Waals surface area contributed by atoms with Crippen molar-refractivity contribution < 1.29 is 0 Å². The monoisotopic (exact) mass is 447 g/mol. The Balaban J connectivity index is 2.10. The van der Waals surface area contributed by atoms with Crippen LogP contribution in [0.5, 0.6) is 0 Å². The van der Waals surface area contributed by atoms with Crippen LogP contribution < -0.4 is 5.32 Å². The molecule has 0 aliphatic carbocycles. The summed E-state index contributed by atoms with van der Waals surface area (Å²) in [4.78, 5) is 4.58. The minimum Gasteiger partial charge on any atom is -0.371 e. The van der Waals surface area contributed by atoms with E-state index < -0.39 is 0 Å². The molecule has 1 aliphatic rings. The number of hydrogen-bond donors (Lipinski definition) is 1. The molecule has 1 N–H and O–H groups in total. The Labute approximate surface area is 203 Å². The molecule has 1 aromatic rings. The topological polar surface area (TPSA) is 18.5 Å². The van der Waals surface area contributed by atoms with Gasteiger partial charge in [-0.3, -0.25) is 0 Å². The molecule has 0 amide bonds. The largest absolute Gasteiger partial charge is 0.371 e. The van der Waals surface area contributed by atoms with Crippen LogP contribution in [0, 0.1) is 19.8 Å². The van der Waals surface area contributed by atoms with Crippen molar-refractivity contribution in [2.45, 2.75) is 67.3 Å². The summed E-state index contributed by atoms with van der Waals surface area (Å²) in [5.74, 6) is 0.799. The standard InChI is InChI=1S/C30H45N3/c1-10-12-16-28-19-32(20-28)27(9)29(11-2)21-33(26(8)22(3)4)25(7)17-31-18-30-23(5)14-13-15-24(30)6/h11,13-15,21,28,31H,2,7,9-10,12,16-20H2,1,3-6,8H3/b29-21+. The van der Waals surface area contributed by atoms with Crippen molar-refractivity contribution in [2.24, 2.45) is 5.92 Å². The lowest BCUT2D eigenvalue weighted by molar-refractivity contribution is 0.137. The van der Waals surface area contributed by atoms with Gasteiger partial charge in [-0.25, -0.2) is 0 Å². The molecule has 1 saturated heterocycles. The minimum absolute atomic E-state index is 0.703. The van der Waals surface area contributed by atoms with Crippen LogP contribution in [-0.4, -0.2) is 29.4 Å². The van der Waals surface area contributed by atoms with E-state index >= 15 is 0 Å². The number of unbranched alkanes of at least 4 members (excludes halogenated alkanes) is 1. The lowest BCUT2D eigenvalue weighted by Crippen LogP contribution is -2.45. The number of aryl methyl sites for hydroxylation is 2. The summed E-state index contributed by atoms with van der Waals surface area (Å²) in [6.45, 7) is 29.7. The predicted molar refractivity (Wildman–Crippen MR) is 145 cm³/mol. The highest BCUT2D eigenvalue weighted by molar-refractivity contribution is 5.39. The molecule has 2 rings (SSSR count). The molecule has 1 heterocycles. The van der Waals surface area contributed by atoms with Crippen LogP contribution in [0.25, 0.3) is 0 Å². The van der Waals surface area contributed by atoms with E-state index in [1.807, 2.05) is 6.08 Å². The third-order valence-corrected chi connectivity index (χ3v) is 6.83. The second-order valence-corrected chi connectivity index (χ2v) is 9.64. The number of rotatable bonds is 13. The van der Waals surface area contributed by atoms with Gasteiger partial charge in [-0.05, 0) is 63.6 Å². The number of benzene rings is 1. The van der Waals surface area contributed by atoms with Crippen LogP contribution >= 0.6 is 0 Å². The number of nitrogens with zero attached hydrogens (tertiary/aromatic N) is 2. The minimum atomic E-state index is 0.703. The number of hydrogen-bond acceptors (Lipinski definition) is 3. The third kappa shape index (κ3) is 7.23. The first-order valence-electron chi connectivity index (χ1n) is 12.3. The molecule has 1 aromatic carbocycles. The molecule has 33 heavy (non-hydrogen) atoms. The Kier molecular flexibility index (Phi) is 10.2. The van der Waals surface area contributed by atoms with E-state index in [4.69, 9.17) is 0 Å². The van der Waals surface area contributed by atoms with Crippen molar-refractivity contribution in [1.82, 2.24) is 15.1 Å². The van der Waals surface area contributed by atoms with Gasteiger partial charge in [-0.2, -0.15) is 0 Å².